The van der Waals surface area contributed by atoms with Gasteiger partial charge in [-0.2, -0.15) is 0 Å². The van der Waals surface area contributed by atoms with Crippen LogP contribution in [0.4, 0.5) is 0 Å². The number of ketones is 1. The molecule has 0 aromatic carbocycles. The summed E-state index contributed by atoms with van der Waals surface area (Å²) in [7, 11) is 0. The van der Waals surface area contributed by atoms with Gasteiger partial charge in [0.05, 0.1) is 0 Å². The van der Waals surface area contributed by atoms with Crippen molar-refractivity contribution in [1.82, 2.24) is 0 Å². The third kappa shape index (κ3) is 6.76. The van der Waals surface area contributed by atoms with Crippen LogP contribution in [0.15, 0.2) is 0 Å². The Balaban J connectivity index is 3.27. The Bertz CT molecular complexity index is 132. The van der Waals surface area contributed by atoms with E-state index in [-0.39, 0.29) is 5.92 Å². The minimum atomic E-state index is 0.228. The van der Waals surface area contributed by atoms with Crippen LogP contribution in [0.1, 0.15) is 46.5 Å². The third-order valence-electron chi connectivity index (χ3n) is 2.22. The molecule has 0 aromatic heterocycles. The van der Waals surface area contributed by atoms with Crippen LogP contribution in [0.5, 0.6) is 0 Å². The first-order valence-corrected chi connectivity index (χ1v) is 5.32. The summed E-state index contributed by atoms with van der Waals surface area (Å²) < 4.78 is 5.29. The molecule has 0 heterocycles. The second kappa shape index (κ2) is 8.24. The fourth-order valence-corrected chi connectivity index (χ4v) is 1.07. The van der Waals surface area contributed by atoms with Gasteiger partial charge < -0.3 is 4.74 Å². The zero-order valence-corrected chi connectivity index (χ0v) is 9.14. The van der Waals surface area contributed by atoms with Crippen LogP contribution in [0, 0.1) is 5.92 Å². The van der Waals surface area contributed by atoms with Gasteiger partial charge in [-0.1, -0.05) is 20.8 Å². The average Bonchev–Trinajstić information content (AvgIpc) is 2.16. The van der Waals surface area contributed by atoms with Crippen LogP contribution < -0.4 is 0 Å². The summed E-state index contributed by atoms with van der Waals surface area (Å²) in [5.74, 6) is 0.605. The highest BCUT2D eigenvalue weighted by atomic mass is 16.5. The molecule has 0 amide bonds. The van der Waals surface area contributed by atoms with E-state index in [4.69, 9.17) is 4.74 Å². The van der Waals surface area contributed by atoms with Crippen molar-refractivity contribution in [2.75, 3.05) is 13.2 Å². The Kier molecular flexibility index (Phi) is 8.00. The molecule has 2 nitrogen and oxygen atoms in total. The predicted molar refractivity (Wildman–Crippen MR) is 54.8 cm³/mol. The molecular formula is C11H22O2. The minimum Gasteiger partial charge on any atom is -0.381 e. The third-order valence-corrected chi connectivity index (χ3v) is 2.22. The zero-order chi connectivity index (χ0) is 10.1. The number of carbonyl (C=O) groups excluding carboxylic acids is 1. The number of rotatable bonds is 8. The monoisotopic (exact) mass is 186 g/mol. The predicted octanol–water partition coefficient (Wildman–Crippen LogP) is 2.81. The summed E-state index contributed by atoms with van der Waals surface area (Å²) in [5.41, 5.74) is 0. The van der Waals surface area contributed by atoms with Gasteiger partial charge in [-0.3, -0.25) is 4.79 Å². The maximum absolute atomic E-state index is 11.4. The van der Waals surface area contributed by atoms with Gasteiger partial charge in [0.2, 0.25) is 0 Å². The molecular weight excluding hydrogens is 164 g/mol. The summed E-state index contributed by atoms with van der Waals surface area (Å²) in [5, 5.41) is 0. The van der Waals surface area contributed by atoms with Crippen molar-refractivity contribution in [2.24, 2.45) is 5.92 Å². The molecule has 0 aliphatic rings. The summed E-state index contributed by atoms with van der Waals surface area (Å²) >= 11 is 0. The van der Waals surface area contributed by atoms with Crippen molar-refractivity contribution < 1.29 is 9.53 Å². The molecule has 1 atom stereocenters. The van der Waals surface area contributed by atoms with Crippen LogP contribution in [0.2, 0.25) is 0 Å². The van der Waals surface area contributed by atoms with E-state index >= 15 is 0 Å². The smallest absolute Gasteiger partial charge is 0.135 e. The second-order valence-corrected chi connectivity index (χ2v) is 3.49. The number of ether oxygens (including phenoxy) is 1. The van der Waals surface area contributed by atoms with Crippen molar-refractivity contribution in [2.45, 2.75) is 46.5 Å². The van der Waals surface area contributed by atoms with Gasteiger partial charge in [-0.05, 0) is 19.3 Å². The lowest BCUT2D eigenvalue weighted by Gasteiger charge is -2.06. The van der Waals surface area contributed by atoms with E-state index in [1.165, 1.54) is 0 Å². The van der Waals surface area contributed by atoms with E-state index in [9.17, 15) is 4.79 Å². The normalized spacial score (nSPS) is 12.8. The lowest BCUT2D eigenvalue weighted by atomic mass is 10.0. The Morgan fingerprint density at radius 1 is 1.31 bits per heavy atom. The Hall–Kier alpha value is -0.370. The molecule has 0 bridgehead atoms. The molecule has 0 aliphatic carbocycles. The first-order chi connectivity index (χ1) is 6.22. The summed E-state index contributed by atoms with van der Waals surface area (Å²) in [6, 6.07) is 0. The molecule has 78 valence electrons. The molecule has 0 aliphatic heterocycles. The Morgan fingerprint density at radius 3 is 2.54 bits per heavy atom. The SMILES string of the molecule is CCCOCCCC(=O)C(C)CC. The Morgan fingerprint density at radius 2 is 2.00 bits per heavy atom. The largest absolute Gasteiger partial charge is 0.381 e. The second-order valence-electron chi connectivity index (χ2n) is 3.49. The molecule has 2 heteroatoms. The van der Waals surface area contributed by atoms with E-state index in [1.54, 1.807) is 0 Å². The lowest BCUT2D eigenvalue weighted by molar-refractivity contribution is -0.122. The lowest BCUT2D eigenvalue weighted by Crippen LogP contribution is -2.10. The van der Waals surface area contributed by atoms with E-state index in [2.05, 4.69) is 13.8 Å². The topological polar surface area (TPSA) is 26.3 Å². The molecule has 13 heavy (non-hydrogen) atoms. The van der Waals surface area contributed by atoms with Crippen molar-refractivity contribution in [1.29, 1.82) is 0 Å². The fourth-order valence-electron chi connectivity index (χ4n) is 1.07. The first-order valence-electron chi connectivity index (χ1n) is 5.32. The Labute approximate surface area is 81.7 Å². The van der Waals surface area contributed by atoms with E-state index in [0.717, 1.165) is 32.5 Å². The maximum atomic E-state index is 11.4. The van der Waals surface area contributed by atoms with Gasteiger partial charge >= 0.3 is 0 Å². The van der Waals surface area contributed by atoms with Crippen LogP contribution in [0.3, 0.4) is 0 Å². The average molecular weight is 186 g/mol. The van der Waals surface area contributed by atoms with Crippen LogP contribution in [0.25, 0.3) is 0 Å². The van der Waals surface area contributed by atoms with Crippen LogP contribution >= 0.6 is 0 Å². The van der Waals surface area contributed by atoms with E-state index in [1.807, 2.05) is 6.92 Å². The molecule has 1 unspecified atom stereocenters. The van der Waals surface area contributed by atoms with Crippen molar-refractivity contribution >= 4 is 5.78 Å². The summed E-state index contributed by atoms with van der Waals surface area (Å²) in [6.45, 7) is 7.68. The number of Topliss-reactive ketones (excluding diaryl/α,β-unsaturated/α-hetero) is 1. The fraction of sp³-hybridized carbons (Fsp3) is 0.909. The number of hydrogen-bond acceptors (Lipinski definition) is 2. The van der Waals surface area contributed by atoms with Crippen LogP contribution in [-0.4, -0.2) is 19.0 Å². The van der Waals surface area contributed by atoms with E-state index < -0.39 is 0 Å². The highest BCUT2D eigenvalue weighted by molar-refractivity contribution is 5.80. The number of hydrogen-bond donors (Lipinski definition) is 0. The molecule has 0 rings (SSSR count). The maximum Gasteiger partial charge on any atom is 0.135 e. The summed E-state index contributed by atoms with van der Waals surface area (Å²) in [6.07, 6.45) is 3.57. The molecule has 0 N–H and O–H groups in total. The molecule has 0 aromatic rings. The van der Waals surface area contributed by atoms with Gasteiger partial charge in [-0.25, -0.2) is 0 Å². The molecule has 0 saturated carbocycles. The van der Waals surface area contributed by atoms with Gasteiger partial charge in [-0.15, -0.1) is 0 Å². The van der Waals surface area contributed by atoms with Gasteiger partial charge in [0.25, 0.3) is 0 Å². The van der Waals surface area contributed by atoms with E-state index in [0.29, 0.717) is 12.2 Å². The minimum absolute atomic E-state index is 0.228. The quantitative estimate of drug-likeness (QED) is 0.545. The van der Waals surface area contributed by atoms with Gasteiger partial charge in [0.1, 0.15) is 5.78 Å². The highest BCUT2D eigenvalue weighted by Crippen LogP contribution is 2.06. The van der Waals surface area contributed by atoms with Crippen LogP contribution in [-0.2, 0) is 9.53 Å². The number of carbonyl (C=O) groups is 1. The molecule has 0 radical (unpaired) electrons. The standard InChI is InChI=1S/C11H22O2/c1-4-8-13-9-6-7-11(12)10(3)5-2/h10H,4-9H2,1-3H3. The zero-order valence-electron chi connectivity index (χ0n) is 9.14. The highest BCUT2D eigenvalue weighted by Gasteiger charge is 2.09. The van der Waals surface area contributed by atoms with Crippen molar-refractivity contribution in [3.8, 4) is 0 Å². The molecule has 0 spiro atoms. The first kappa shape index (κ1) is 12.6. The van der Waals surface area contributed by atoms with Gasteiger partial charge in [0, 0.05) is 25.6 Å². The van der Waals surface area contributed by atoms with Crippen molar-refractivity contribution in [3.05, 3.63) is 0 Å². The molecule has 0 saturated heterocycles. The summed E-state index contributed by atoms with van der Waals surface area (Å²) in [4.78, 5) is 11.4. The van der Waals surface area contributed by atoms with Gasteiger partial charge in [0.15, 0.2) is 0 Å². The van der Waals surface area contributed by atoms with Crippen molar-refractivity contribution in [3.63, 3.8) is 0 Å². The molecule has 0 fully saturated rings.